The highest BCUT2D eigenvalue weighted by Crippen LogP contribution is 2.41. The van der Waals surface area contributed by atoms with Crippen molar-refractivity contribution in [3.05, 3.63) is 59.4 Å². The van der Waals surface area contributed by atoms with Gasteiger partial charge in [-0.15, -0.1) is 0 Å². The molecule has 0 aliphatic carbocycles. The smallest absolute Gasteiger partial charge is 0.410 e. The monoisotopic (exact) mass is 596 g/mol. The molecule has 0 radical (unpaired) electrons. The summed E-state index contributed by atoms with van der Waals surface area (Å²) in [5.74, 6) is -0.746. The molecule has 2 aliphatic heterocycles. The lowest BCUT2D eigenvalue weighted by molar-refractivity contribution is 0.0123. The highest BCUT2D eigenvalue weighted by molar-refractivity contribution is 6.29. The van der Waals surface area contributed by atoms with E-state index in [-0.39, 0.29) is 52.5 Å². The van der Waals surface area contributed by atoms with Crippen LogP contribution in [0.25, 0.3) is 32.8 Å². The van der Waals surface area contributed by atoms with E-state index in [1.807, 2.05) is 56.0 Å². The van der Waals surface area contributed by atoms with Gasteiger partial charge in [-0.05, 0) is 79.7 Å². The summed E-state index contributed by atoms with van der Waals surface area (Å²) in [4.78, 5) is 25.1. The van der Waals surface area contributed by atoms with Gasteiger partial charge >= 0.3 is 6.09 Å². The molecule has 0 saturated carbocycles. The molecule has 2 aliphatic rings. The van der Waals surface area contributed by atoms with Crippen molar-refractivity contribution in [2.75, 3.05) is 31.9 Å². The Bertz CT molecular complexity index is 1680. The zero-order chi connectivity index (χ0) is 29.8. The van der Waals surface area contributed by atoms with E-state index in [1.54, 1.807) is 11.0 Å². The van der Waals surface area contributed by atoms with Gasteiger partial charge in [0, 0.05) is 25.8 Å². The number of piperazine rings is 1. The van der Waals surface area contributed by atoms with E-state index in [2.05, 4.69) is 9.97 Å². The molecule has 1 aromatic heterocycles. The van der Waals surface area contributed by atoms with Gasteiger partial charge < -0.3 is 19.1 Å². The maximum atomic E-state index is 16.4. The van der Waals surface area contributed by atoms with Gasteiger partial charge in [0.25, 0.3) is 0 Å². The number of benzene rings is 3. The zero-order valence-electron chi connectivity index (χ0n) is 23.8. The first-order valence-electron chi connectivity index (χ1n) is 13.8. The van der Waals surface area contributed by atoms with Crippen molar-refractivity contribution in [3.8, 4) is 16.9 Å². The van der Waals surface area contributed by atoms with Gasteiger partial charge in [-0.3, -0.25) is 4.90 Å². The SMILES string of the molecule is COCOc1cc(-c2cc(F)c3c(N4CC5CCC(C4)N5C(=O)OC(C)(C)C)nc(Cl)nc3c2F)c2ccccc2c1. The van der Waals surface area contributed by atoms with Crippen molar-refractivity contribution in [1.82, 2.24) is 14.9 Å². The van der Waals surface area contributed by atoms with Crippen LogP contribution in [0.4, 0.5) is 19.4 Å². The second kappa shape index (κ2) is 10.8. The molecule has 8 nitrogen and oxygen atoms in total. The first-order valence-corrected chi connectivity index (χ1v) is 14.2. The molecule has 3 aromatic carbocycles. The number of nitrogens with zero attached hydrogens (tertiary/aromatic N) is 4. The number of aromatic nitrogens is 2. The molecule has 220 valence electrons. The van der Waals surface area contributed by atoms with E-state index in [0.717, 1.165) is 23.6 Å². The van der Waals surface area contributed by atoms with Crippen LogP contribution >= 0.6 is 11.6 Å². The number of halogens is 3. The van der Waals surface area contributed by atoms with E-state index < -0.39 is 17.2 Å². The standard InChI is InChI=1S/C31H31ClF2N4O4/c1-31(2,3)42-30(39)38-18-9-10-19(38)15-37(14-18)28-25-24(33)13-23(26(34)27(25)35-29(32)36-28)22-12-20(41-16-40-4)11-17-7-5-6-8-21(17)22/h5-8,11-13,18-19H,9-10,14-16H2,1-4H3. The Morgan fingerprint density at radius 3 is 2.45 bits per heavy atom. The van der Waals surface area contributed by atoms with Gasteiger partial charge in [0.05, 0.1) is 17.5 Å². The molecule has 2 atom stereocenters. The van der Waals surface area contributed by atoms with E-state index in [4.69, 9.17) is 25.8 Å². The minimum absolute atomic E-state index is 0.00170. The number of carbonyl (C=O) groups excluding carboxylic acids is 1. The fraction of sp³-hybridized carbons (Fsp3) is 0.387. The quantitative estimate of drug-likeness (QED) is 0.182. The van der Waals surface area contributed by atoms with Crippen LogP contribution in [0.1, 0.15) is 33.6 Å². The minimum Gasteiger partial charge on any atom is -0.468 e. The molecular weight excluding hydrogens is 566 g/mol. The number of hydrogen-bond acceptors (Lipinski definition) is 7. The Balaban J connectivity index is 1.42. The van der Waals surface area contributed by atoms with Gasteiger partial charge in [0.15, 0.2) is 12.6 Å². The largest absolute Gasteiger partial charge is 0.468 e. The van der Waals surface area contributed by atoms with Gasteiger partial charge in [0.1, 0.15) is 28.5 Å². The first kappa shape index (κ1) is 28.4. The molecule has 4 aromatic rings. The first-order chi connectivity index (χ1) is 20.0. The minimum atomic E-state index is -0.721. The third-order valence-corrected chi connectivity index (χ3v) is 7.84. The summed E-state index contributed by atoms with van der Waals surface area (Å²) >= 11 is 6.33. The average molecular weight is 597 g/mol. The molecule has 1 amide bonds. The van der Waals surface area contributed by atoms with Crippen LogP contribution in [-0.2, 0) is 9.47 Å². The zero-order valence-corrected chi connectivity index (χ0v) is 24.5. The maximum absolute atomic E-state index is 16.4. The Morgan fingerprint density at radius 1 is 1.05 bits per heavy atom. The Hall–Kier alpha value is -3.76. The van der Waals surface area contributed by atoms with Crippen LogP contribution in [0.3, 0.4) is 0 Å². The summed E-state index contributed by atoms with van der Waals surface area (Å²) in [6.45, 7) is 6.25. The number of rotatable bonds is 5. The lowest BCUT2D eigenvalue weighted by atomic mass is 9.96. The fourth-order valence-corrected chi connectivity index (χ4v) is 6.19. The Labute approximate surface area is 247 Å². The fourth-order valence-electron chi connectivity index (χ4n) is 6.02. The van der Waals surface area contributed by atoms with Gasteiger partial charge in [-0.2, -0.15) is 4.98 Å². The van der Waals surface area contributed by atoms with Crippen LogP contribution < -0.4 is 9.64 Å². The molecule has 11 heteroatoms. The maximum Gasteiger partial charge on any atom is 0.410 e. The van der Waals surface area contributed by atoms with Crippen molar-refractivity contribution < 1.29 is 27.8 Å². The van der Waals surface area contributed by atoms with Crippen LogP contribution in [0, 0.1) is 11.6 Å². The predicted octanol–water partition coefficient (Wildman–Crippen LogP) is 6.95. The average Bonchev–Trinajstić information content (AvgIpc) is 3.21. The van der Waals surface area contributed by atoms with E-state index in [0.29, 0.717) is 24.4 Å². The molecule has 2 unspecified atom stereocenters. The molecule has 2 saturated heterocycles. The van der Waals surface area contributed by atoms with E-state index >= 15 is 8.78 Å². The van der Waals surface area contributed by atoms with Gasteiger partial charge in [0.2, 0.25) is 5.28 Å². The molecule has 0 N–H and O–H groups in total. The second-order valence-corrected chi connectivity index (χ2v) is 12.0. The summed E-state index contributed by atoms with van der Waals surface area (Å²) in [5.41, 5.74) is -0.370. The highest BCUT2D eigenvalue weighted by atomic mass is 35.5. The molecule has 42 heavy (non-hydrogen) atoms. The van der Waals surface area contributed by atoms with Crippen molar-refractivity contribution >= 4 is 45.2 Å². The summed E-state index contributed by atoms with van der Waals surface area (Å²) in [5, 5.41) is 1.26. The summed E-state index contributed by atoms with van der Waals surface area (Å²) < 4.78 is 48.8. The number of amides is 1. The predicted molar refractivity (Wildman–Crippen MR) is 157 cm³/mol. The molecule has 3 heterocycles. The third-order valence-electron chi connectivity index (χ3n) is 7.67. The number of fused-ring (bicyclic) bond motifs is 4. The van der Waals surface area contributed by atoms with Crippen LogP contribution in [0.2, 0.25) is 5.28 Å². The highest BCUT2D eigenvalue weighted by Gasteiger charge is 2.45. The van der Waals surface area contributed by atoms with Crippen molar-refractivity contribution in [2.45, 2.75) is 51.3 Å². The van der Waals surface area contributed by atoms with Crippen molar-refractivity contribution in [1.29, 1.82) is 0 Å². The van der Waals surface area contributed by atoms with Gasteiger partial charge in [-0.25, -0.2) is 18.6 Å². The second-order valence-electron chi connectivity index (χ2n) is 11.7. The molecular formula is C31H31ClF2N4O4. The van der Waals surface area contributed by atoms with Gasteiger partial charge in [-0.1, -0.05) is 24.3 Å². The number of hydrogen-bond donors (Lipinski definition) is 0. The van der Waals surface area contributed by atoms with Crippen LogP contribution in [-0.4, -0.2) is 65.6 Å². The Morgan fingerprint density at radius 2 is 1.76 bits per heavy atom. The van der Waals surface area contributed by atoms with Crippen LogP contribution in [0.5, 0.6) is 5.75 Å². The number of methoxy groups -OCH3 is 1. The van der Waals surface area contributed by atoms with Crippen molar-refractivity contribution in [3.63, 3.8) is 0 Å². The lowest BCUT2D eigenvalue weighted by Crippen LogP contribution is -2.57. The molecule has 2 fully saturated rings. The molecule has 6 rings (SSSR count). The Kier molecular flexibility index (Phi) is 7.31. The number of ether oxygens (including phenoxy) is 3. The summed E-state index contributed by atoms with van der Waals surface area (Å²) in [6, 6.07) is 11.7. The topological polar surface area (TPSA) is 77.0 Å². The third kappa shape index (κ3) is 5.18. The number of carbonyl (C=O) groups is 1. The molecule has 0 spiro atoms. The summed E-state index contributed by atoms with van der Waals surface area (Å²) in [7, 11) is 1.50. The van der Waals surface area contributed by atoms with Crippen LogP contribution in [0.15, 0.2) is 42.5 Å². The number of anilines is 1. The van der Waals surface area contributed by atoms with E-state index in [9.17, 15) is 4.79 Å². The molecule has 2 bridgehead atoms. The summed E-state index contributed by atoms with van der Waals surface area (Å²) in [6.07, 6.45) is 1.17. The normalized spacial score (nSPS) is 18.6. The van der Waals surface area contributed by atoms with Crippen molar-refractivity contribution in [2.24, 2.45) is 0 Å². The lowest BCUT2D eigenvalue weighted by Gasteiger charge is -2.42. The van der Waals surface area contributed by atoms with E-state index in [1.165, 1.54) is 13.2 Å².